The number of hydrogen-bond donors (Lipinski definition) is 1. The minimum Gasteiger partial charge on any atom is -0.392 e. The number of aromatic nitrogens is 2. The summed E-state index contributed by atoms with van der Waals surface area (Å²) in [5, 5.41) is 5.53. The Labute approximate surface area is 122 Å². The van der Waals surface area contributed by atoms with E-state index in [9.17, 15) is 13.2 Å². The number of fused-ring (bicyclic) bond motifs is 1. The average molecular weight is 308 g/mol. The first-order chi connectivity index (χ1) is 9.93. The van der Waals surface area contributed by atoms with Gasteiger partial charge in [-0.1, -0.05) is 24.3 Å². The Morgan fingerprint density at radius 2 is 2.14 bits per heavy atom. The highest BCUT2D eigenvalue weighted by Gasteiger charge is 2.33. The predicted molar refractivity (Wildman–Crippen MR) is 76.7 cm³/mol. The fourth-order valence-electron chi connectivity index (χ4n) is 3.01. The van der Waals surface area contributed by atoms with Gasteiger partial charge in [0.25, 0.3) is 0 Å². The zero-order valence-electron chi connectivity index (χ0n) is 11.6. The summed E-state index contributed by atoms with van der Waals surface area (Å²) >= 11 is 0. The highest BCUT2D eigenvalue weighted by atomic mass is 32.2. The molecule has 1 unspecified atom stereocenters. The highest BCUT2D eigenvalue weighted by Crippen LogP contribution is 2.38. The van der Waals surface area contributed by atoms with Crippen LogP contribution in [0.25, 0.3) is 0 Å². The molecule has 112 valence electrons. The second-order valence-corrected chi connectivity index (χ2v) is 7.76. The Hall–Kier alpha value is -1.89. The number of nitrogens with one attached hydrogen (secondary N) is 1. The molecule has 1 aromatic heterocycles. The molecule has 0 amide bonds. The van der Waals surface area contributed by atoms with Crippen LogP contribution in [-0.4, -0.2) is 24.9 Å². The Kier molecular flexibility index (Phi) is 3.44. The second-order valence-electron chi connectivity index (χ2n) is 5.53. The molecule has 0 radical (unpaired) electrons. The van der Waals surface area contributed by atoms with Gasteiger partial charge in [0.1, 0.15) is 0 Å². The number of nitrogens with zero attached hydrogens (tertiary/aromatic N) is 1. The zero-order valence-corrected chi connectivity index (χ0v) is 12.4. The maximum absolute atomic E-state index is 12.1. The summed E-state index contributed by atoms with van der Waals surface area (Å²) in [4.78, 5) is 11.0. The van der Waals surface area contributed by atoms with Gasteiger partial charge >= 0.3 is 5.76 Å². The van der Waals surface area contributed by atoms with Gasteiger partial charge in [0.05, 0.1) is 5.25 Å². The van der Waals surface area contributed by atoms with Gasteiger partial charge in [-0.25, -0.2) is 18.3 Å². The van der Waals surface area contributed by atoms with E-state index in [-0.39, 0.29) is 5.92 Å². The van der Waals surface area contributed by atoms with Crippen LogP contribution < -0.4 is 5.76 Å². The summed E-state index contributed by atoms with van der Waals surface area (Å²) in [6, 6.07) is 7.62. The third-order valence-corrected chi connectivity index (χ3v) is 5.40. The van der Waals surface area contributed by atoms with Crippen molar-refractivity contribution in [2.24, 2.45) is 5.92 Å². The molecule has 0 fully saturated rings. The molecule has 1 aliphatic carbocycles. The van der Waals surface area contributed by atoms with Gasteiger partial charge in [-0.2, -0.15) is 0 Å². The lowest BCUT2D eigenvalue weighted by Crippen LogP contribution is -2.25. The van der Waals surface area contributed by atoms with E-state index in [1.54, 1.807) is 0 Å². The van der Waals surface area contributed by atoms with Crippen LogP contribution in [0.1, 0.15) is 28.7 Å². The van der Waals surface area contributed by atoms with Crippen LogP contribution in [0.15, 0.2) is 33.5 Å². The number of rotatable bonds is 3. The van der Waals surface area contributed by atoms with E-state index in [0.29, 0.717) is 18.7 Å². The Morgan fingerprint density at radius 3 is 2.81 bits per heavy atom. The van der Waals surface area contributed by atoms with Crippen LogP contribution in [0.5, 0.6) is 0 Å². The quantitative estimate of drug-likeness (QED) is 0.921. The lowest BCUT2D eigenvalue weighted by Gasteiger charge is -2.29. The van der Waals surface area contributed by atoms with Gasteiger partial charge in [0.15, 0.2) is 9.84 Å². The largest absolute Gasteiger partial charge is 0.434 e. The Balaban J connectivity index is 1.92. The van der Waals surface area contributed by atoms with Crippen molar-refractivity contribution in [2.45, 2.75) is 24.5 Å². The Morgan fingerprint density at radius 1 is 1.38 bits per heavy atom. The summed E-state index contributed by atoms with van der Waals surface area (Å²) in [6.07, 6.45) is 3.01. The third kappa shape index (κ3) is 2.92. The SMILES string of the molecule is CS(=O)(=O)C1C[C@H](Cc2n[nH]c(=O)o2)Cc2ccccc21. The number of sulfone groups is 1. The van der Waals surface area contributed by atoms with Crippen LogP contribution >= 0.6 is 0 Å². The fraction of sp³-hybridized carbons (Fsp3) is 0.429. The summed E-state index contributed by atoms with van der Waals surface area (Å²) in [5.41, 5.74) is 1.93. The molecule has 0 spiro atoms. The van der Waals surface area contributed by atoms with Gasteiger partial charge in [-0.15, -0.1) is 5.10 Å². The third-order valence-electron chi connectivity index (χ3n) is 3.92. The summed E-state index contributed by atoms with van der Waals surface area (Å²) in [6.45, 7) is 0. The topological polar surface area (TPSA) is 93.0 Å². The molecule has 21 heavy (non-hydrogen) atoms. The van der Waals surface area contributed by atoms with Crippen molar-refractivity contribution in [3.05, 3.63) is 51.8 Å². The maximum Gasteiger partial charge on any atom is 0.434 e. The summed E-state index contributed by atoms with van der Waals surface area (Å²) in [5.74, 6) is -0.163. The Bertz CT molecular complexity index is 806. The first-order valence-electron chi connectivity index (χ1n) is 6.74. The van der Waals surface area contributed by atoms with Crippen molar-refractivity contribution in [3.63, 3.8) is 0 Å². The van der Waals surface area contributed by atoms with Crippen molar-refractivity contribution in [1.29, 1.82) is 0 Å². The fourth-order valence-corrected chi connectivity index (χ4v) is 4.33. The molecule has 0 saturated heterocycles. The van der Waals surface area contributed by atoms with Gasteiger partial charge in [-0.05, 0) is 29.9 Å². The standard InChI is InChI=1S/C14H16N2O4S/c1-21(18,19)12-7-9(8-13-15-16-14(17)20-13)6-10-4-2-3-5-11(10)12/h2-5,9,12H,6-8H2,1H3,(H,16,17)/t9-,12?/m1/s1. The van der Waals surface area contributed by atoms with E-state index in [0.717, 1.165) is 17.5 Å². The van der Waals surface area contributed by atoms with Crippen LogP contribution in [0.3, 0.4) is 0 Å². The maximum atomic E-state index is 12.1. The zero-order chi connectivity index (χ0) is 15.0. The number of H-pyrrole nitrogens is 1. The van der Waals surface area contributed by atoms with Crippen molar-refractivity contribution in [3.8, 4) is 0 Å². The minimum atomic E-state index is -3.18. The molecule has 0 saturated carbocycles. The molecule has 1 N–H and O–H groups in total. The molecule has 3 rings (SSSR count). The van der Waals surface area contributed by atoms with E-state index in [1.165, 1.54) is 6.26 Å². The smallest absolute Gasteiger partial charge is 0.392 e. The summed E-state index contributed by atoms with van der Waals surface area (Å²) in [7, 11) is -3.18. The lowest BCUT2D eigenvalue weighted by atomic mass is 9.82. The molecular formula is C14H16N2O4S. The van der Waals surface area contributed by atoms with Gasteiger partial charge < -0.3 is 4.42 Å². The first-order valence-corrected chi connectivity index (χ1v) is 8.70. The molecular weight excluding hydrogens is 292 g/mol. The normalized spacial score (nSPS) is 22.0. The van der Waals surface area contributed by atoms with Crippen LogP contribution in [0, 0.1) is 5.92 Å². The average Bonchev–Trinajstić information content (AvgIpc) is 2.82. The molecule has 2 aromatic rings. The van der Waals surface area contributed by atoms with Crippen LogP contribution in [0.4, 0.5) is 0 Å². The van der Waals surface area contributed by atoms with Crippen molar-refractivity contribution < 1.29 is 12.8 Å². The monoisotopic (exact) mass is 308 g/mol. The van der Waals surface area contributed by atoms with E-state index in [1.807, 2.05) is 24.3 Å². The van der Waals surface area contributed by atoms with Crippen LogP contribution in [-0.2, 0) is 22.7 Å². The van der Waals surface area contributed by atoms with Gasteiger partial charge in [0, 0.05) is 12.7 Å². The highest BCUT2D eigenvalue weighted by molar-refractivity contribution is 7.90. The first kappa shape index (κ1) is 14.1. The van der Waals surface area contributed by atoms with Crippen molar-refractivity contribution >= 4 is 9.84 Å². The lowest BCUT2D eigenvalue weighted by molar-refractivity contribution is 0.376. The number of aromatic amines is 1. The number of hydrogen-bond acceptors (Lipinski definition) is 5. The van der Waals surface area contributed by atoms with Crippen molar-refractivity contribution in [1.82, 2.24) is 10.2 Å². The molecule has 1 aromatic carbocycles. The van der Waals surface area contributed by atoms with E-state index in [2.05, 4.69) is 10.2 Å². The summed E-state index contributed by atoms with van der Waals surface area (Å²) < 4.78 is 29.0. The second kappa shape index (κ2) is 5.14. The van der Waals surface area contributed by atoms with E-state index in [4.69, 9.17) is 4.42 Å². The molecule has 0 bridgehead atoms. The molecule has 1 aliphatic rings. The molecule has 1 heterocycles. The minimum absolute atomic E-state index is 0.0890. The molecule has 7 heteroatoms. The van der Waals surface area contributed by atoms with E-state index < -0.39 is 20.8 Å². The number of benzene rings is 1. The van der Waals surface area contributed by atoms with E-state index >= 15 is 0 Å². The van der Waals surface area contributed by atoms with Gasteiger partial charge in [0.2, 0.25) is 5.89 Å². The molecule has 0 aliphatic heterocycles. The van der Waals surface area contributed by atoms with Crippen LogP contribution in [0.2, 0.25) is 0 Å². The van der Waals surface area contributed by atoms with Crippen molar-refractivity contribution in [2.75, 3.05) is 6.26 Å². The van der Waals surface area contributed by atoms with Gasteiger partial charge in [-0.3, -0.25) is 0 Å². The predicted octanol–water partition coefficient (Wildman–Crippen LogP) is 1.25. The molecule has 2 atom stereocenters. The molecule has 6 nitrogen and oxygen atoms in total.